The second-order valence-corrected chi connectivity index (χ2v) is 5.57. The number of unbranched alkanes of at least 4 members (excludes halogenated alkanes) is 6. The van der Waals surface area contributed by atoms with Crippen LogP contribution < -0.4 is 0 Å². The summed E-state index contributed by atoms with van der Waals surface area (Å²) in [5.74, 6) is 0. The molecule has 0 spiro atoms. The standard InChI is InChI=1S/C16H29BrO3/c1-2-3-4-5-6-8-11-14-19-16(18)20-15-12-9-7-10-13-17/h3-4H,2,5-15H2,1H3. The molecule has 4 heteroatoms. The fraction of sp³-hybridized carbons (Fsp3) is 0.812. The molecule has 118 valence electrons. The molecule has 0 aromatic heterocycles. The zero-order valence-electron chi connectivity index (χ0n) is 12.7. The van der Waals surface area contributed by atoms with E-state index in [-0.39, 0.29) is 0 Å². The van der Waals surface area contributed by atoms with E-state index in [0.717, 1.165) is 50.3 Å². The number of allylic oxidation sites excluding steroid dienone is 2. The van der Waals surface area contributed by atoms with Crippen LogP contribution in [0.5, 0.6) is 0 Å². The average molecular weight is 349 g/mol. The number of rotatable bonds is 13. The third kappa shape index (κ3) is 15.5. The van der Waals surface area contributed by atoms with Crippen molar-refractivity contribution in [2.75, 3.05) is 18.5 Å². The molecule has 0 aliphatic rings. The molecule has 3 nitrogen and oxygen atoms in total. The van der Waals surface area contributed by atoms with Crippen LogP contribution in [0, 0.1) is 0 Å². The molecule has 0 saturated carbocycles. The van der Waals surface area contributed by atoms with Gasteiger partial charge in [-0.25, -0.2) is 4.79 Å². The van der Waals surface area contributed by atoms with Crippen molar-refractivity contribution in [2.45, 2.75) is 64.7 Å². The van der Waals surface area contributed by atoms with Gasteiger partial charge in [-0.1, -0.05) is 47.8 Å². The third-order valence-electron chi connectivity index (χ3n) is 2.89. The Kier molecular flexibility index (Phi) is 16.1. The van der Waals surface area contributed by atoms with Crippen LogP contribution in [0.25, 0.3) is 0 Å². The van der Waals surface area contributed by atoms with Gasteiger partial charge in [0, 0.05) is 5.33 Å². The highest BCUT2D eigenvalue weighted by molar-refractivity contribution is 9.09. The number of alkyl halides is 1. The number of halogens is 1. The second-order valence-electron chi connectivity index (χ2n) is 4.78. The van der Waals surface area contributed by atoms with Crippen molar-refractivity contribution in [3.8, 4) is 0 Å². The number of hydrogen-bond acceptors (Lipinski definition) is 3. The fourth-order valence-electron chi connectivity index (χ4n) is 1.73. The molecule has 0 radical (unpaired) electrons. The van der Waals surface area contributed by atoms with Gasteiger partial charge >= 0.3 is 6.16 Å². The maximum atomic E-state index is 11.2. The number of carbonyl (C=O) groups is 1. The lowest BCUT2D eigenvalue weighted by Gasteiger charge is -2.06. The molecule has 0 bridgehead atoms. The molecule has 0 aromatic rings. The summed E-state index contributed by atoms with van der Waals surface area (Å²) in [6.45, 7) is 3.08. The summed E-state index contributed by atoms with van der Waals surface area (Å²) in [7, 11) is 0. The van der Waals surface area contributed by atoms with Gasteiger partial charge in [0.2, 0.25) is 0 Å². The summed E-state index contributed by atoms with van der Waals surface area (Å²) >= 11 is 3.39. The van der Waals surface area contributed by atoms with Crippen molar-refractivity contribution in [2.24, 2.45) is 0 Å². The molecule has 0 saturated heterocycles. The molecular weight excluding hydrogens is 320 g/mol. The predicted octanol–water partition coefficient (Wildman–Crippen LogP) is 5.62. The topological polar surface area (TPSA) is 35.5 Å². The molecule has 0 aliphatic carbocycles. The van der Waals surface area contributed by atoms with Gasteiger partial charge in [-0.15, -0.1) is 0 Å². The summed E-state index contributed by atoms with van der Waals surface area (Å²) in [6.07, 6.45) is 13.6. The number of carbonyl (C=O) groups excluding carboxylic acids is 1. The Morgan fingerprint density at radius 3 is 2.10 bits per heavy atom. The molecular formula is C16H29BrO3. The van der Waals surface area contributed by atoms with E-state index in [1.54, 1.807) is 0 Å². The monoisotopic (exact) mass is 348 g/mol. The highest BCUT2D eigenvalue weighted by Crippen LogP contribution is 2.04. The quantitative estimate of drug-likeness (QED) is 0.187. The van der Waals surface area contributed by atoms with Crippen LogP contribution in [0.4, 0.5) is 4.79 Å². The third-order valence-corrected chi connectivity index (χ3v) is 3.45. The summed E-state index contributed by atoms with van der Waals surface area (Å²) in [4.78, 5) is 11.2. The fourth-order valence-corrected chi connectivity index (χ4v) is 2.12. The Bertz CT molecular complexity index is 242. The van der Waals surface area contributed by atoms with Gasteiger partial charge in [0.15, 0.2) is 0 Å². The Labute approximate surface area is 132 Å². The van der Waals surface area contributed by atoms with Gasteiger partial charge in [-0.3, -0.25) is 0 Å². The summed E-state index contributed by atoms with van der Waals surface area (Å²) < 4.78 is 10.0. The summed E-state index contributed by atoms with van der Waals surface area (Å²) in [5, 5.41) is 1.05. The Balaban J connectivity index is 3.18. The Morgan fingerprint density at radius 1 is 0.900 bits per heavy atom. The van der Waals surface area contributed by atoms with Crippen LogP contribution in [0.3, 0.4) is 0 Å². The predicted molar refractivity (Wildman–Crippen MR) is 87.5 cm³/mol. The molecule has 0 aliphatic heterocycles. The molecule has 0 amide bonds. The molecule has 0 atom stereocenters. The minimum absolute atomic E-state index is 0.472. The number of hydrogen-bond donors (Lipinski definition) is 0. The van der Waals surface area contributed by atoms with Gasteiger partial charge in [0.25, 0.3) is 0 Å². The van der Waals surface area contributed by atoms with E-state index in [0.29, 0.717) is 13.2 Å². The van der Waals surface area contributed by atoms with E-state index < -0.39 is 6.16 Å². The van der Waals surface area contributed by atoms with Crippen LogP contribution >= 0.6 is 15.9 Å². The van der Waals surface area contributed by atoms with Crippen molar-refractivity contribution in [3.63, 3.8) is 0 Å². The molecule has 0 aromatic carbocycles. The van der Waals surface area contributed by atoms with Gasteiger partial charge in [0.1, 0.15) is 0 Å². The van der Waals surface area contributed by atoms with Crippen LogP contribution in [0.2, 0.25) is 0 Å². The van der Waals surface area contributed by atoms with Gasteiger partial charge in [0.05, 0.1) is 13.2 Å². The normalized spacial score (nSPS) is 10.9. The van der Waals surface area contributed by atoms with Crippen molar-refractivity contribution >= 4 is 22.1 Å². The minimum atomic E-state index is -0.517. The molecule has 0 N–H and O–H groups in total. The van der Waals surface area contributed by atoms with Crippen molar-refractivity contribution in [1.29, 1.82) is 0 Å². The molecule has 0 rings (SSSR count). The summed E-state index contributed by atoms with van der Waals surface area (Å²) in [5.41, 5.74) is 0. The van der Waals surface area contributed by atoms with Crippen LogP contribution in [-0.4, -0.2) is 24.7 Å². The maximum absolute atomic E-state index is 11.2. The van der Waals surface area contributed by atoms with Crippen molar-refractivity contribution < 1.29 is 14.3 Å². The van der Waals surface area contributed by atoms with Crippen LogP contribution in [-0.2, 0) is 9.47 Å². The Morgan fingerprint density at radius 2 is 1.50 bits per heavy atom. The highest BCUT2D eigenvalue weighted by Gasteiger charge is 2.02. The Hall–Kier alpha value is -0.510. The zero-order chi connectivity index (χ0) is 14.9. The second kappa shape index (κ2) is 16.5. The van der Waals surface area contributed by atoms with Crippen molar-refractivity contribution in [1.82, 2.24) is 0 Å². The van der Waals surface area contributed by atoms with Gasteiger partial charge < -0.3 is 9.47 Å². The first-order valence-electron chi connectivity index (χ1n) is 7.81. The molecule has 0 heterocycles. The van der Waals surface area contributed by atoms with Crippen LogP contribution in [0.15, 0.2) is 12.2 Å². The zero-order valence-corrected chi connectivity index (χ0v) is 14.3. The highest BCUT2D eigenvalue weighted by atomic mass is 79.9. The lowest BCUT2D eigenvalue weighted by atomic mass is 10.2. The largest absolute Gasteiger partial charge is 0.508 e. The van der Waals surface area contributed by atoms with E-state index >= 15 is 0 Å². The van der Waals surface area contributed by atoms with E-state index in [4.69, 9.17) is 9.47 Å². The maximum Gasteiger partial charge on any atom is 0.508 e. The molecule has 20 heavy (non-hydrogen) atoms. The molecule has 0 fully saturated rings. The van der Waals surface area contributed by atoms with Crippen molar-refractivity contribution in [3.05, 3.63) is 12.2 Å². The van der Waals surface area contributed by atoms with Gasteiger partial charge in [-0.05, 0) is 44.9 Å². The van der Waals surface area contributed by atoms with Crippen LogP contribution in [0.1, 0.15) is 64.7 Å². The average Bonchev–Trinajstić information content (AvgIpc) is 2.45. The van der Waals surface area contributed by atoms with E-state index in [2.05, 4.69) is 35.0 Å². The van der Waals surface area contributed by atoms with E-state index in [9.17, 15) is 4.79 Å². The summed E-state index contributed by atoms with van der Waals surface area (Å²) in [6, 6.07) is 0. The van der Waals surface area contributed by atoms with Gasteiger partial charge in [-0.2, -0.15) is 0 Å². The first kappa shape index (κ1) is 19.5. The smallest absolute Gasteiger partial charge is 0.434 e. The lowest BCUT2D eigenvalue weighted by Crippen LogP contribution is -2.09. The lowest BCUT2D eigenvalue weighted by molar-refractivity contribution is 0.0529. The van der Waals surface area contributed by atoms with E-state index in [1.165, 1.54) is 12.8 Å². The first-order chi connectivity index (χ1) is 9.81. The van der Waals surface area contributed by atoms with E-state index in [1.807, 2.05) is 0 Å². The molecule has 0 unspecified atom stereocenters. The first-order valence-corrected chi connectivity index (χ1v) is 8.94. The number of ether oxygens (including phenoxy) is 2. The minimum Gasteiger partial charge on any atom is -0.434 e. The SMILES string of the molecule is CCC=CCCCCCOC(=O)OCCCCCCBr.